The van der Waals surface area contributed by atoms with E-state index in [-0.39, 0.29) is 27.8 Å². The highest BCUT2D eigenvalue weighted by Gasteiger charge is 2.20. The van der Waals surface area contributed by atoms with Crippen LogP contribution in [-0.2, 0) is 4.79 Å². The maximum Gasteiger partial charge on any atom is 0.241 e. The second-order valence-corrected chi connectivity index (χ2v) is 4.31. The van der Waals surface area contributed by atoms with Gasteiger partial charge in [-0.2, -0.15) is 0 Å². The average Bonchev–Trinajstić information content (AvgIpc) is 2.22. The Morgan fingerprint density at radius 3 is 2.31 bits per heavy atom. The molecule has 0 spiro atoms. The van der Waals surface area contributed by atoms with E-state index >= 15 is 0 Å². The molecule has 1 aromatic heterocycles. The van der Waals surface area contributed by atoms with Gasteiger partial charge in [-0.15, -0.1) is 0 Å². The number of hydrogen-bond donors (Lipinski definition) is 2. The van der Waals surface area contributed by atoms with Gasteiger partial charge in [0.1, 0.15) is 12.0 Å². The summed E-state index contributed by atoms with van der Waals surface area (Å²) in [5.74, 6) is -0.351. The highest BCUT2D eigenvalue weighted by atomic mass is 35.5. The summed E-state index contributed by atoms with van der Waals surface area (Å²) in [5, 5.41) is 2.68. The summed E-state index contributed by atoms with van der Waals surface area (Å²) in [6.07, 6.45) is 1.21. The fourth-order valence-corrected chi connectivity index (χ4v) is 1.37. The smallest absolute Gasteiger partial charge is 0.241 e. The van der Waals surface area contributed by atoms with Gasteiger partial charge < -0.3 is 11.1 Å². The van der Waals surface area contributed by atoms with Crippen LogP contribution in [0.1, 0.15) is 13.8 Å². The molecule has 1 aromatic rings. The zero-order valence-electron chi connectivity index (χ0n) is 8.87. The molecule has 0 fully saturated rings. The SMILES string of the molecule is CC(C)C(N)C(=O)Nc1c(Cl)ncnc1Cl. The molecule has 5 nitrogen and oxygen atoms in total. The van der Waals surface area contributed by atoms with E-state index in [1.807, 2.05) is 13.8 Å². The molecular formula is C9H12Cl2N4O. The molecule has 1 amide bonds. The molecule has 0 bridgehead atoms. The molecule has 1 rings (SSSR count). The largest absolute Gasteiger partial charge is 0.320 e. The number of amides is 1. The fraction of sp³-hybridized carbons (Fsp3) is 0.444. The van der Waals surface area contributed by atoms with Gasteiger partial charge in [0, 0.05) is 0 Å². The predicted molar refractivity (Wildman–Crippen MR) is 63.5 cm³/mol. The zero-order valence-corrected chi connectivity index (χ0v) is 10.4. The van der Waals surface area contributed by atoms with Crippen LogP contribution in [0, 0.1) is 5.92 Å². The van der Waals surface area contributed by atoms with E-state index in [0.29, 0.717) is 0 Å². The third-order valence-electron chi connectivity index (χ3n) is 2.02. The standard InChI is InChI=1S/C9H12Cl2N4O/c1-4(2)5(12)9(16)15-6-7(10)13-3-14-8(6)11/h3-5H,12H2,1-2H3,(H,15,16). The van der Waals surface area contributed by atoms with E-state index in [2.05, 4.69) is 15.3 Å². The molecule has 0 saturated carbocycles. The average molecular weight is 263 g/mol. The zero-order chi connectivity index (χ0) is 12.3. The van der Waals surface area contributed by atoms with Crippen molar-refractivity contribution in [3.8, 4) is 0 Å². The van der Waals surface area contributed by atoms with Crippen molar-refractivity contribution in [2.24, 2.45) is 11.7 Å². The minimum Gasteiger partial charge on any atom is -0.320 e. The second kappa shape index (κ2) is 5.43. The summed E-state index contributed by atoms with van der Waals surface area (Å²) in [6, 6.07) is -0.632. The Morgan fingerprint density at radius 2 is 1.88 bits per heavy atom. The van der Waals surface area contributed by atoms with Crippen LogP contribution in [-0.4, -0.2) is 21.9 Å². The van der Waals surface area contributed by atoms with Crippen LogP contribution in [0.15, 0.2) is 6.33 Å². The fourth-order valence-electron chi connectivity index (χ4n) is 0.957. The van der Waals surface area contributed by atoms with Gasteiger partial charge in [-0.25, -0.2) is 9.97 Å². The maximum absolute atomic E-state index is 11.6. The van der Waals surface area contributed by atoms with E-state index in [1.54, 1.807) is 0 Å². The Kier molecular flexibility index (Phi) is 4.46. The van der Waals surface area contributed by atoms with Gasteiger partial charge in [0.2, 0.25) is 5.91 Å². The van der Waals surface area contributed by atoms with Crippen molar-refractivity contribution >= 4 is 34.8 Å². The molecule has 0 aromatic carbocycles. The molecular weight excluding hydrogens is 251 g/mol. The summed E-state index contributed by atoms with van der Waals surface area (Å²) in [7, 11) is 0. The summed E-state index contributed by atoms with van der Waals surface area (Å²) in [4.78, 5) is 19.1. The first kappa shape index (κ1) is 13.2. The highest BCUT2D eigenvalue weighted by Crippen LogP contribution is 2.25. The van der Waals surface area contributed by atoms with E-state index in [1.165, 1.54) is 6.33 Å². The number of anilines is 1. The molecule has 0 aliphatic rings. The quantitative estimate of drug-likeness (QED) is 0.813. The Balaban J connectivity index is 2.85. The lowest BCUT2D eigenvalue weighted by Crippen LogP contribution is -2.39. The van der Waals surface area contributed by atoms with Crippen LogP contribution >= 0.6 is 23.2 Å². The van der Waals surface area contributed by atoms with Crippen molar-refractivity contribution in [2.75, 3.05) is 5.32 Å². The van der Waals surface area contributed by atoms with Crippen molar-refractivity contribution in [2.45, 2.75) is 19.9 Å². The molecule has 0 aliphatic carbocycles. The number of hydrogen-bond acceptors (Lipinski definition) is 4. The van der Waals surface area contributed by atoms with Crippen LogP contribution in [0.4, 0.5) is 5.69 Å². The van der Waals surface area contributed by atoms with Gasteiger partial charge in [0.15, 0.2) is 10.3 Å². The Hall–Kier alpha value is -0.910. The molecule has 88 valence electrons. The predicted octanol–water partition coefficient (Wildman–Crippen LogP) is 1.71. The van der Waals surface area contributed by atoms with Crippen molar-refractivity contribution in [1.82, 2.24) is 9.97 Å². The van der Waals surface area contributed by atoms with E-state index in [4.69, 9.17) is 28.9 Å². The topological polar surface area (TPSA) is 80.9 Å². The van der Waals surface area contributed by atoms with E-state index in [0.717, 1.165) is 0 Å². The van der Waals surface area contributed by atoms with Crippen molar-refractivity contribution < 1.29 is 4.79 Å². The molecule has 0 radical (unpaired) electrons. The minimum atomic E-state index is -0.632. The Morgan fingerprint density at radius 1 is 1.38 bits per heavy atom. The van der Waals surface area contributed by atoms with Crippen molar-refractivity contribution in [3.05, 3.63) is 16.6 Å². The lowest BCUT2D eigenvalue weighted by molar-refractivity contribution is -0.118. The number of nitrogens with two attached hydrogens (primary N) is 1. The molecule has 7 heteroatoms. The third kappa shape index (κ3) is 3.04. The molecule has 1 heterocycles. The summed E-state index contributed by atoms with van der Waals surface area (Å²) >= 11 is 11.5. The van der Waals surface area contributed by atoms with E-state index < -0.39 is 6.04 Å². The number of carbonyl (C=O) groups is 1. The first-order chi connectivity index (χ1) is 7.43. The molecule has 16 heavy (non-hydrogen) atoms. The molecule has 0 aliphatic heterocycles. The minimum absolute atomic E-state index is 0.0159. The van der Waals surface area contributed by atoms with Gasteiger partial charge in [-0.1, -0.05) is 37.0 Å². The Bertz CT molecular complexity index is 377. The summed E-state index contributed by atoms with van der Waals surface area (Å²) < 4.78 is 0. The van der Waals surface area contributed by atoms with Gasteiger partial charge in [0.05, 0.1) is 6.04 Å². The van der Waals surface area contributed by atoms with Crippen molar-refractivity contribution in [1.29, 1.82) is 0 Å². The first-order valence-corrected chi connectivity index (χ1v) is 5.41. The van der Waals surface area contributed by atoms with Crippen LogP contribution in [0.5, 0.6) is 0 Å². The maximum atomic E-state index is 11.6. The number of halogens is 2. The first-order valence-electron chi connectivity index (χ1n) is 4.66. The third-order valence-corrected chi connectivity index (χ3v) is 2.60. The lowest BCUT2D eigenvalue weighted by Gasteiger charge is -2.15. The Labute approximate surface area is 103 Å². The van der Waals surface area contributed by atoms with Gasteiger partial charge >= 0.3 is 0 Å². The van der Waals surface area contributed by atoms with Crippen LogP contribution < -0.4 is 11.1 Å². The molecule has 0 saturated heterocycles. The van der Waals surface area contributed by atoms with Crippen molar-refractivity contribution in [3.63, 3.8) is 0 Å². The number of rotatable bonds is 3. The van der Waals surface area contributed by atoms with Gasteiger partial charge in [0.25, 0.3) is 0 Å². The van der Waals surface area contributed by atoms with Crippen LogP contribution in [0.2, 0.25) is 10.3 Å². The van der Waals surface area contributed by atoms with E-state index in [9.17, 15) is 4.79 Å². The lowest BCUT2D eigenvalue weighted by atomic mass is 10.1. The summed E-state index contributed by atoms with van der Waals surface area (Å²) in [6.45, 7) is 3.68. The molecule has 1 atom stereocenters. The monoisotopic (exact) mass is 262 g/mol. The van der Waals surface area contributed by atoms with Gasteiger partial charge in [-0.05, 0) is 5.92 Å². The second-order valence-electron chi connectivity index (χ2n) is 3.59. The number of carbonyl (C=O) groups excluding carboxylic acids is 1. The normalized spacial score (nSPS) is 12.6. The van der Waals surface area contributed by atoms with Gasteiger partial charge in [-0.3, -0.25) is 4.79 Å². The number of nitrogens with zero attached hydrogens (tertiary/aromatic N) is 2. The highest BCUT2D eigenvalue weighted by molar-refractivity contribution is 6.38. The number of nitrogens with one attached hydrogen (secondary N) is 1. The summed E-state index contributed by atoms with van der Waals surface area (Å²) in [5.41, 5.74) is 5.86. The molecule has 3 N–H and O–H groups in total. The van der Waals surface area contributed by atoms with Crippen LogP contribution in [0.25, 0.3) is 0 Å². The van der Waals surface area contributed by atoms with Crippen LogP contribution in [0.3, 0.4) is 0 Å². The molecule has 1 unspecified atom stereocenters. The number of aromatic nitrogens is 2.